The van der Waals surface area contributed by atoms with E-state index < -0.39 is 5.97 Å². The van der Waals surface area contributed by atoms with Crippen LogP contribution in [-0.4, -0.2) is 28.1 Å². The van der Waals surface area contributed by atoms with Gasteiger partial charge in [0.1, 0.15) is 5.69 Å². The third-order valence-electron chi connectivity index (χ3n) is 3.95. The molecule has 1 aliphatic carbocycles. The molecule has 0 bridgehead atoms. The van der Waals surface area contributed by atoms with Crippen molar-refractivity contribution in [3.63, 3.8) is 0 Å². The number of aryl methyl sites for hydroxylation is 1. The van der Waals surface area contributed by atoms with Crippen LogP contribution in [0.4, 0.5) is 10.5 Å². The summed E-state index contributed by atoms with van der Waals surface area (Å²) in [4.78, 5) is 25.9. The Balaban J connectivity index is 1.97. The van der Waals surface area contributed by atoms with Crippen LogP contribution in [0.1, 0.15) is 55.7 Å². The van der Waals surface area contributed by atoms with Crippen molar-refractivity contribution in [2.75, 3.05) is 5.32 Å². The van der Waals surface area contributed by atoms with Crippen LogP contribution >= 0.6 is 0 Å². The molecule has 1 aliphatic rings. The van der Waals surface area contributed by atoms with Crippen molar-refractivity contribution in [3.8, 4) is 0 Å². The average molecular weight is 293 g/mol. The number of hydrogen-bond donors (Lipinski definition) is 4. The number of H-pyrrole nitrogens is 1. The Morgan fingerprint density at radius 1 is 1.43 bits per heavy atom. The molecule has 0 saturated heterocycles. The first-order valence-electron chi connectivity index (χ1n) is 7.27. The van der Waals surface area contributed by atoms with Crippen LogP contribution in [0.5, 0.6) is 0 Å². The summed E-state index contributed by atoms with van der Waals surface area (Å²) in [5.74, 6) is -1.09. The summed E-state index contributed by atoms with van der Waals surface area (Å²) >= 11 is 0. The van der Waals surface area contributed by atoms with Crippen molar-refractivity contribution in [3.05, 3.63) is 17.5 Å². The highest BCUT2D eigenvalue weighted by molar-refractivity contribution is 5.99. The Kier molecular flexibility index (Phi) is 4.25. The predicted molar refractivity (Wildman–Crippen MR) is 80.7 cm³/mol. The Hall–Kier alpha value is -1.98. The van der Waals surface area contributed by atoms with Crippen LogP contribution in [0.25, 0.3) is 0 Å². The smallest absolute Gasteiger partial charge is 0.354 e. The van der Waals surface area contributed by atoms with Gasteiger partial charge in [0.15, 0.2) is 0 Å². The zero-order chi connectivity index (χ0) is 15.6. The van der Waals surface area contributed by atoms with E-state index in [2.05, 4.69) is 29.5 Å². The van der Waals surface area contributed by atoms with Gasteiger partial charge >= 0.3 is 12.0 Å². The zero-order valence-corrected chi connectivity index (χ0v) is 12.7. The quantitative estimate of drug-likeness (QED) is 0.689. The van der Waals surface area contributed by atoms with E-state index in [0.717, 1.165) is 19.3 Å². The number of carbonyl (C=O) groups is 2. The summed E-state index contributed by atoms with van der Waals surface area (Å²) in [6, 6.07) is 1.41. The second-order valence-corrected chi connectivity index (χ2v) is 6.60. The number of nitrogens with one attached hydrogen (secondary N) is 3. The fourth-order valence-electron chi connectivity index (χ4n) is 3.02. The molecule has 1 heterocycles. The summed E-state index contributed by atoms with van der Waals surface area (Å²) in [7, 11) is 0. The second-order valence-electron chi connectivity index (χ2n) is 6.60. The lowest BCUT2D eigenvalue weighted by molar-refractivity contribution is 0.0692. The van der Waals surface area contributed by atoms with E-state index in [-0.39, 0.29) is 23.2 Å². The summed E-state index contributed by atoms with van der Waals surface area (Å²) in [5.41, 5.74) is 1.24. The maximum atomic E-state index is 12.0. The molecule has 1 atom stereocenters. The minimum Gasteiger partial charge on any atom is -0.477 e. The van der Waals surface area contributed by atoms with Gasteiger partial charge in [0.25, 0.3) is 0 Å². The number of amides is 2. The molecule has 1 unspecified atom stereocenters. The molecule has 0 aliphatic heterocycles. The molecule has 1 aromatic rings. The summed E-state index contributed by atoms with van der Waals surface area (Å²) in [6.45, 7) is 6.16. The molecule has 21 heavy (non-hydrogen) atoms. The van der Waals surface area contributed by atoms with Crippen LogP contribution in [0, 0.1) is 12.3 Å². The number of urea groups is 1. The topological polar surface area (TPSA) is 94.2 Å². The highest BCUT2D eigenvalue weighted by Gasteiger charge is 2.29. The van der Waals surface area contributed by atoms with Gasteiger partial charge in [-0.1, -0.05) is 20.3 Å². The Morgan fingerprint density at radius 2 is 2.14 bits per heavy atom. The molecule has 2 amide bonds. The molecule has 0 spiro atoms. The van der Waals surface area contributed by atoms with E-state index in [1.807, 2.05) is 0 Å². The van der Waals surface area contributed by atoms with Gasteiger partial charge in [0.2, 0.25) is 0 Å². The SMILES string of the molecule is Cc1cc(NC(=O)NC2CCCC(C)(C)C2)c(C(=O)O)[nH]1. The first-order chi connectivity index (χ1) is 9.77. The number of rotatable bonds is 3. The highest BCUT2D eigenvalue weighted by Crippen LogP contribution is 2.35. The van der Waals surface area contributed by atoms with Crippen molar-refractivity contribution >= 4 is 17.7 Å². The van der Waals surface area contributed by atoms with Crippen LogP contribution in [0.3, 0.4) is 0 Å². The summed E-state index contributed by atoms with van der Waals surface area (Å²) in [5, 5.41) is 14.6. The lowest BCUT2D eigenvalue weighted by Gasteiger charge is -2.35. The van der Waals surface area contributed by atoms with Gasteiger partial charge in [0.05, 0.1) is 5.69 Å². The standard InChI is InChI=1S/C15H23N3O3/c1-9-7-11(12(16-9)13(19)20)18-14(21)17-10-5-4-6-15(2,3)8-10/h7,10,16H,4-6,8H2,1-3H3,(H,19,20)(H2,17,18,21). The molecule has 6 nitrogen and oxygen atoms in total. The Morgan fingerprint density at radius 3 is 2.76 bits per heavy atom. The zero-order valence-electron chi connectivity index (χ0n) is 12.7. The third-order valence-corrected chi connectivity index (χ3v) is 3.95. The van der Waals surface area contributed by atoms with Crippen LogP contribution in [0.2, 0.25) is 0 Å². The molecule has 1 saturated carbocycles. The van der Waals surface area contributed by atoms with E-state index in [9.17, 15) is 9.59 Å². The number of anilines is 1. The van der Waals surface area contributed by atoms with E-state index in [1.54, 1.807) is 13.0 Å². The maximum absolute atomic E-state index is 12.0. The highest BCUT2D eigenvalue weighted by atomic mass is 16.4. The number of carboxylic acids is 1. The summed E-state index contributed by atoms with van der Waals surface area (Å²) < 4.78 is 0. The minimum atomic E-state index is -1.09. The second kappa shape index (κ2) is 5.79. The normalized spacial score (nSPS) is 20.8. The first kappa shape index (κ1) is 15.4. The number of aromatic carboxylic acids is 1. The number of carbonyl (C=O) groups excluding carboxylic acids is 1. The van der Waals surface area contributed by atoms with Gasteiger partial charge in [-0.2, -0.15) is 0 Å². The summed E-state index contributed by atoms with van der Waals surface area (Å²) in [6.07, 6.45) is 4.18. The number of aromatic nitrogens is 1. The monoisotopic (exact) mass is 293 g/mol. The minimum absolute atomic E-state index is 0.00613. The maximum Gasteiger partial charge on any atom is 0.354 e. The molecule has 116 valence electrons. The van der Waals surface area contributed by atoms with E-state index in [4.69, 9.17) is 5.11 Å². The molecular weight excluding hydrogens is 270 g/mol. The third kappa shape index (κ3) is 4.00. The van der Waals surface area contributed by atoms with Gasteiger partial charge in [0, 0.05) is 11.7 Å². The van der Waals surface area contributed by atoms with Gasteiger partial charge in [-0.25, -0.2) is 9.59 Å². The van der Waals surface area contributed by atoms with Crippen molar-refractivity contribution in [2.45, 2.75) is 52.5 Å². The van der Waals surface area contributed by atoms with Crippen molar-refractivity contribution in [1.82, 2.24) is 10.3 Å². The van der Waals surface area contributed by atoms with Crippen molar-refractivity contribution in [2.24, 2.45) is 5.41 Å². The Labute approximate surface area is 124 Å². The molecule has 1 fully saturated rings. The number of hydrogen-bond acceptors (Lipinski definition) is 2. The lowest BCUT2D eigenvalue weighted by atomic mass is 9.75. The first-order valence-corrected chi connectivity index (χ1v) is 7.27. The van der Waals surface area contributed by atoms with Gasteiger partial charge in [-0.05, 0) is 37.7 Å². The van der Waals surface area contributed by atoms with E-state index >= 15 is 0 Å². The lowest BCUT2D eigenvalue weighted by Crippen LogP contribution is -2.42. The van der Waals surface area contributed by atoms with Gasteiger partial charge in [-0.3, -0.25) is 0 Å². The predicted octanol–water partition coefficient (Wildman–Crippen LogP) is 3.11. The fraction of sp³-hybridized carbons (Fsp3) is 0.600. The van der Waals surface area contributed by atoms with Crippen molar-refractivity contribution in [1.29, 1.82) is 0 Å². The van der Waals surface area contributed by atoms with Gasteiger partial charge in [-0.15, -0.1) is 0 Å². The van der Waals surface area contributed by atoms with Crippen molar-refractivity contribution < 1.29 is 14.7 Å². The number of carboxylic acid groups (broad SMARTS) is 1. The molecule has 0 radical (unpaired) electrons. The van der Waals surface area contributed by atoms with Crippen LogP contribution < -0.4 is 10.6 Å². The largest absolute Gasteiger partial charge is 0.477 e. The molecule has 6 heteroatoms. The van der Waals surface area contributed by atoms with Crippen LogP contribution in [0.15, 0.2) is 6.07 Å². The Bertz CT molecular complexity index is 548. The number of aromatic amines is 1. The molecule has 1 aromatic heterocycles. The molecule has 4 N–H and O–H groups in total. The van der Waals surface area contributed by atoms with Gasteiger partial charge < -0.3 is 20.7 Å². The van der Waals surface area contributed by atoms with E-state index in [0.29, 0.717) is 11.4 Å². The van der Waals surface area contributed by atoms with E-state index in [1.165, 1.54) is 6.42 Å². The average Bonchev–Trinajstić information content (AvgIpc) is 2.68. The molecule has 2 rings (SSSR count). The molecule has 0 aromatic carbocycles. The fourth-order valence-corrected chi connectivity index (χ4v) is 3.02. The van der Waals surface area contributed by atoms with Crippen LogP contribution in [-0.2, 0) is 0 Å². The molecular formula is C15H23N3O3.